The van der Waals surface area contributed by atoms with Crippen molar-refractivity contribution in [1.29, 1.82) is 0 Å². The third-order valence-electron chi connectivity index (χ3n) is 4.52. The van der Waals surface area contributed by atoms with Gasteiger partial charge in [0, 0.05) is 33.3 Å². The van der Waals surface area contributed by atoms with E-state index in [2.05, 4.69) is 5.16 Å². The molecule has 1 aromatic rings. The van der Waals surface area contributed by atoms with Gasteiger partial charge in [0.2, 0.25) is 6.10 Å². The van der Waals surface area contributed by atoms with Crippen LogP contribution in [0.25, 0.3) is 0 Å². The predicted molar refractivity (Wildman–Crippen MR) is 113 cm³/mol. The van der Waals surface area contributed by atoms with Gasteiger partial charge in [0.25, 0.3) is 0 Å². The highest BCUT2D eigenvalue weighted by Crippen LogP contribution is 2.48. The summed E-state index contributed by atoms with van der Waals surface area (Å²) in [6, 6.07) is 9.01. The average Bonchev–Trinajstić information content (AvgIpc) is 3.16. The van der Waals surface area contributed by atoms with E-state index in [-0.39, 0.29) is 6.61 Å². The molecule has 3 unspecified atom stereocenters. The highest BCUT2D eigenvalue weighted by molar-refractivity contribution is 8.15. The van der Waals surface area contributed by atoms with E-state index in [1.807, 2.05) is 6.07 Å². The van der Waals surface area contributed by atoms with Gasteiger partial charge in [-0.05, 0) is 11.8 Å². The number of nitrogens with zero attached hydrogens (tertiary/aromatic N) is 1. The molecule has 0 radical (unpaired) electrons. The number of carbonyl (C=O) groups excluding carboxylic acids is 4. The molecule has 2 aliphatic rings. The third-order valence-corrected chi connectivity index (χ3v) is 5.71. The zero-order valence-corrected chi connectivity index (χ0v) is 19.2. The Hall–Kier alpha value is -3.12. The molecule has 0 N–H and O–H groups in total. The molecule has 0 bridgehead atoms. The molecular formula is C21H23NO10S. The van der Waals surface area contributed by atoms with Crippen LogP contribution in [0.1, 0.15) is 33.3 Å². The largest absolute Gasteiger partial charge is 0.463 e. The van der Waals surface area contributed by atoms with E-state index >= 15 is 0 Å². The number of rotatable bonds is 6. The quantitative estimate of drug-likeness (QED) is 0.432. The fraction of sp³-hybridized carbons (Fsp3) is 0.476. The van der Waals surface area contributed by atoms with E-state index < -0.39 is 53.4 Å². The molecule has 2 aliphatic heterocycles. The zero-order chi connectivity index (χ0) is 24.2. The van der Waals surface area contributed by atoms with E-state index in [1.165, 1.54) is 6.92 Å². The number of hydrogen-bond donors (Lipinski definition) is 0. The summed E-state index contributed by atoms with van der Waals surface area (Å²) in [6.45, 7) is 4.29. The second kappa shape index (κ2) is 10.2. The highest BCUT2D eigenvalue weighted by atomic mass is 32.2. The standard InChI is InChI=1S/C21H23NO10S/c1-11(23)27-10-16-17(28-12(2)24)18(29-13(3)25)19(30-14(4)26)21(31-16)32-22-20(33-21)15-8-6-5-7-9-15/h5-9,16-19H,10H2,1-4H3/t16?,17-,18?,19?,21-/m0/s1. The third kappa shape index (κ3) is 5.82. The van der Waals surface area contributed by atoms with E-state index in [1.54, 1.807) is 24.3 Å². The number of oxime groups is 1. The average molecular weight is 481 g/mol. The summed E-state index contributed by atoms with van der Waals surface area (Å²) in [7, 11) is 0. The number of ether oxygens (including phenoxy) is 5. The van der Waals surface area contributed by atoms with Gasteiger partial charge in [0.05, 0.1) is 0 Å². The minimum absolute atomic E-state index is 0.357. The van der Waals surface area contributed by atoms with Gasteiger partial charge in [-0.3, -0.25) is 19.2 Å². The molecule has 0 saturated carbocycles. The lowest BCUT2D eigenvalue weighted by Gasteiger charge is -2.47. The summed E-state index contributed by atoms with van der Waals surface area (Å²) in [5, 5.41) is 2.68. The molecule has 1 aromatic carbocycles. The second-order valence-corrected chi connectivity index (χ2v) is 8.36. The van der Waals surface area contributed by atoms with Crippen LogP contribution in [-0.4, -0.2) is 65.1 Å². The van der Waals surface area contributed by atoms with Crippen molar-refractivity contribution in [1.82, 2.24) is 0 Å². The molecule has 11 nitrogen and oxygen atoms in total. The zero-order valence-electron chi connectivity index (χ0n) is 18.3. The minimum Gasteiger partial charge on any atom is -0.463 e. The molecule has 1 saturated heterocycles. The lowest BCUT2D eigenvalue weighted by Crippen LogP contribution is -2.67. The second-order valence-electron chi connectivity index (χ2n) is 7.20. The molecule has 3 rings (SSSR count). The number of benzene rings is 1. The van der Waals surface area contributed by atoms with Crippen molar-refractivity contribution in [3.05, 3.63) is 35.9 Å². The van der Waals surface area contributed by atoms with Gasteiger partial charge in [-0.1, -0.05) is 35.5 Å². The summed E-state index contributed by atoms with van der Waals surface area (Å²) in [5.74, 6) is -2.78. The Morgan fingerprint density at radius 2 is 1.52 bits per heavy atom. The molecule has 0 aromatic heterocycles. The number of esters is 4. The first-order valence-corrected chi connectivity index (χ1v) is 10.8. The number of carbonyl (C=O) groups is 4. The Morgan fingerprint density at radius 3 is 2.09 bits per heavy atom. The van der Waals surface area contributed by atoms with Crippen LogP contribution in [0.5, 0.6) is 0 Å². The molecule has 12 heteroatoms. The van der Waals surface area contributed by atoms with Crippen molar-refractivity contribution >= 4 is 40.7 Å². The summed E-state index contributed by atoms with van der Waals surface area (Å²) in [4.78, 5) is 52.8. The fourth-order valence-corrected chi connectivity index (χ4v) is 4.50. The topological polar surface area (TPSA) is 136 Å². The van der Waals surface area contributed by atoms with Crippen molar-refractivity contribution < 1.29 is 47.7 Å². The monoisotopic (exact) mass is 481 g/mol. The van der Waals surface area contributed by atoms with Gasteiger partial charge < -0.3 is 28.5 Å². The Labute approximate surface area is 193 Å². The van der Waals surface area contributed by atoms with Gasteiger partial charge in [0.1, 0.15) is 17.8 Å². The van der Waals surface area contributed by atoms with Gasteiger partial charge in [-0.2, -0.15) is 0 Å². The number of hydrogen-bond acceptors (Lipinski definition) is 12. The predicted octanol–water partition coefficient (Wildman–Crippen LogP) is 1.52. The van der Waals surface area contributed by atoms with Crippen LogP contribution in [-0.2, 0) is 47.7 Å². The Kier molecular flexibility index (Phi) is 7.59. The smallest absolute Gasteiger partial charge is 0.332 e. The molecule has 0 aliphatic carbocycles. The van der Waals surface area contributed by atoms with Crippen LogP contribution >= 0.6 is 11.8 Å². The van der Waals surface area contributed by atoms with Crippen LogP contribution in [0, 0.1) is 0 Å². The van der Waals surface area contributed by atoms with Gasteiger partial charge >= 0.3 is 29.0 Å². The summed E-state index contributed by atoms with van der Waals surface area (Å²) < 4.78 is 27.4. The molecule has 1 spiro atoms. The normalized spacial score (nSPS) is 28.3. The Balaban J connectivity index is 2.02. The Bertz CT molecular complexity index is 952. The maximum absolute atomic E-state index is 12.0. The minimum atomic E-state index is -1.81. The molecule has 1 fully saturated rings. The van der Waals surface area contributed by atoms with Crippen LogP contribution < -0.4 is 0 Å². The Morgan fingerprint density at radius 1 is 0.909 bits per heavy atom. The summed E-state index contributed by atoms with van der Waals surface area (Å²) >= 11 is 0.983. The van der Waals surface area contributed by atoms with Gasteiger partial charge in [0.15, 0.2) is 12.2 Å². The number of thioether (sulfide) groups is 1. The summed E-state index contributed by atoms with van der Waals surface area (Å²) in [5.41, 5.74) is 0.701. The fourth-order valence-electron chi connectivity index (χ4n) is 3.36. The van der Waals surface area contributed by atoms with E-state index in [0.717, 1.165) is 32.5 Å². The van der Waals surface area contributed by atoms with E-state index in [0.29, 0.717) is 10.6 Å². The molecule has 0 amide bonds. The van der Waals surface area contributed by atoms with Crippen LogP contribution in [0.2, 0.25) is 0 Å². The first-order valence-electron chi connectivity index (χ1n) is 9.94. The van der Waals surface area contributed by atoms with E-state index in [9.17, 15) is 19.2 Å². The van der Waals surface area contributed by atoms with Crippen molar-refractivity contribution in [2.24, 2.45) is 5.16 Å². The first-order chi connectivity index (χ1) is 15.6. The van der Waals surface area contributed by atoms with Crippen molar-refractivity contribution in [2.75, 3.05) is 6.61 Å². The van der Waals surface area contributed by atoms with Crippen LogP contribution in [0.15, 0.2) is 35.5 Å². The maximum atomic E-state index is 12.0. The SMILES string of the molecule is CC(=O)OCC1O[C@]2(ON=C(c3ccccc3)S2)C(OC(C)=O)C(OC(C)=O)[C@H]1OC(C)=O. The molecule has 5 atom stereocenters. The molecule has 178 valence electrons. The van der Waals surface area contributed by atoms with Gasteiger partial charge in [-0.25, -0.2) is 0 Å². The lowest BCUT2D eigenvalue weighted by atomic mass is 9.98. The first kappa shape index (κ1) is 24.5. The lowest BCUT2D eigenvalue weighted by molar-refractivity contribution is -0.323. The van der Waals surface area contributed by atoms with Crippen LogP contribution in [0.4, 0.5) is 0 Å². The molecule has 33 heavy (non-hydrogen) atoms. The molecule has 2 heterocycles. The van der Waals surface area contributed by atoms with Crippen molar-refractivity contribution in [3.63, 3.8) is 0 Å². The molecular weight excluding hydrogens is 458 g/mol. The van der Waals surface area contributed by atoms with Crippen molar-refractivity contribution in [3.8, 4) is 0 Å². The maximum Gasteiger partial charge on any atom is 0.332 e. The van der Waals surface area contributed by atoms with Gasteiger partial charge in [-0.15, -0.1) is 0 Å². The van der Waals surface area contributed by atoms with Crippen molar-refractivity contribution in [2.45, 2.75) is 57.2 Å². The summed E-state index contributed by atoms with van der Waals surface area (Å²) in [6.07, 6.45) is -5.13. The van der Waals surface area contributed by atoms with E-state index in [4.69, 9.17) is 28.5 Å². The highest BCUT2D eigenvalue weighted by Gasteiger charge is 2.65. The van der Waals surface area contributed by atoms with Crippen LogP contribution in [0.3, 0.4) is 0 Å².